The number of hydrogen-bond donors (Lipinski definition) is 3. The fourth-order valence-corrected chi connectivity index (χ4v) is 9.59. The van der Waals surface area contributed by atoms with E-state index in [1.165, 1.54) is 24.0 Å². The second kappa shape index (κ2) is 6.70. The second-order valence-electron chi connectivity index (χ2n) is 13.5. The van der Waals surface area contributed by atoms with Gasteiger partial charge in [-0.05, 0) is 128 Å². The Morgan fingerprint density at radius 2 is 1.52 bits per heavy atom. The molecule has 0 bridgehead atoms. The van der Waals surface area contributed by atoms with Crippen LogP contribution >= 0.6 is 0 Å². The minimum Gasteiger partial charge on any atom is -0.504 e. The smallest absolute Gasteiger partial charge is 0.309 e. The lowest BCUT2D eigenvalue weighted by Crippen LogP contribution is -2.65. The van der Waals surface area contributed by atoms with Gasteiger partial charge in [-0.25, -0.2) is 0 Å². The Morgan fingerprint density at radius 1 is 0.909 bits per heavy atom. The summed E-state index contributed by atoms with van der Waals surface area (Å²) in [5.74, 6) is 0.318. The first-order valence-corrected chi connectivity index (χ1v) is 13.0. The molecule has 7 atom stereocenters. The van der Waals surface area contributed by atoms with E-state index in [1.807, 2.05) is 19.9 Å². The van der Waals surface area contributed by atoms with E-state index in [1.54, 1.807) is 0 Å². The largest absolute Gasteiger partial charge is 0.504 e. The summed E-state index contributed by atoms with van der Waals surface area (Å²) >= 11 is 0. The number of aromatic hydroxyl groups is 2. The van der Waals surface area contributed by atoms with Gasteiger partial charge >= 0.3 is 5.97 Å². The zero-order valence-corrected chi connectivity index (χ0v) is 21.3. The molecule has 0 aromatic heterocycles. The number of benzene rings is 1. The van der Waals surface area contributed by atoms with Crippen molar-refractivity contribution in [3.05, 3.63) is 22.8 Å². The lowest BCUT2D eigenvalue weighted by molar-refractivity contribution is -0.214. The van der Waals surface area contributed by atoms with Gasteiger partial charge in [0, 0.05) is 0 Å². The second-order valence-corrected chi connectivity index (χ2v) is 13.5. The van der Waals surface area contributed by atoms with Gasteiger partial charge in [-0.1, -0.05) is 27.7 Å². The summed E-state index contributed by atoms with van der Waals surface area (Å²) in [6, 6.07) is 1.85. The summed E-state index contributed by atoms with van der Waals surface area (Å²) < 4.78 is 0. The van der Waals surface area contributed by atoms with Crippen LogP contribution in [0, 0.1) is 40.4 Å². The number of aliphatic carboxylic acids is 1. The van der Waals surface area contributed by atoms with Gasteiger partial charge in [-0.2, -0.15) is 0 Å². The molecule has 182 valence electrons. The first kappa shape index (κ1) is 23.1. The van der Waals surface area contributed by atoms with E-state index in [0.717, 1.165) is 50.5 Å². The zero-order valence-electron chi connectivity index (χ0n) is 21.3. The number of hydrogen-bond acceptors (Lipinski definition) is 3. The number of carbonyl (C=O) groups is 1. The summed E-state index contributed by atoms with van der Waals surface area (Å²) in [7, 11) is 0. The molecule has 0 aliphatic heterocycles. The number of phenolic OH excluding ortho intramolecular Hbond substituents is 2. The number of phenols is 2. The van der Waals surface area contributed by atoms with Crippen molar-refractivity contribution in [3.8, 4) is 11.5 Å². The van der Waals surface area contributed by atoms with Crippen LogP contribution in [-0.4, -0.2) is 21.3 Å². The van der Waals surface area contributed by atoms with Crippen LogP contribution < -0.4 is 0 Å². The lowest BCUT2D eigenvalue weighted by Gasteiger charge is -2.72. The monoisotopic (exact) mass is 454 g/mol. The molecule has 0 amide bonds. The van der Waals surface area contributed by atoms with Crippen LogP contribution in [0.5, 0.6) is 11.5 Å². The van der Waals surface area contributed by atoms with Crippen LogP contribution in [0.2, 0.25) is 0 Å². The van der Waals surface area contributed by atoms with Gasteiger partial charge in [0.2, 0.25) is 0 Å². The highest BCUT2D eigenvalue weighted by molar-refractivity contribution is 5.74. The van der Waals surface area contributed by atoms with Crippen molar-refractivity contribution >= 4 is 5.97 Å². The quantitative estimate of drug-likeness (QED) is 0.411. The number of rotatable bonds is 1. The molecular weight excluding hydrogens is 412 g/mol. The molecule has 0 spiro atoms. The van der Waals surface area contributed by atoms with E-state index < -0.39 is 11.4 Å². The Hall–Kier alpha value is -1.71. The first-order valence-electron chi connectivity index (χ1n) is 13.0. The highest BCUT2D eigenvalue weighted by Crippen LogP contribution is 2.75. The Balaban J connectivity index is 1.61. The van der Waals surface area contributed by atoms with E-state index in [2.05, 4.69) is 27.7 Å². The predicted molar refractivity (Wildman–Crippen MR) is 130 cm³/mol. The Morgan fingerprint density at radius 3 is 2.18 bits per heavy atom. The third kappa shape index (κ3) is 2.73. The van der Waals surface area contributed by atoms with Crippen molar-refractivity contribution in [3.63, 3.8) is 0 Å². The summed E-state index contributed by atoms with van der Waals surface area (Å²) in [5, 5.41) is 31.0. The van der Waals surface area contributed by atoms with Crippen LogP contribution in [0.3, 0.4) is 0 Å². The summed E-state index contributed by atoms with van der Waals surface area (Å²) in [4.78, 5) is 12.3. The summed E-state index contributed by atoms with van der Waals surface area (Å²) in [5.41, 5.74) is 3.11. The van der Waals surface area contributed by atoms with Gasteiger partial charge in [0.15, 0.2) is 11.5 Å². The molecule has 0 radical (unpaired) electrons. The zero-order chi connectivity index (χ0) is 24.2. The standard InChI is InChI=1S/C29H42O4/c1-17-18-7-8-21-27(4,19(18)15-20(30)23(17)31)12-14-29(6)22-16-26(3,24(32)33)10-9-25(22,2)11-13-28(21,29)5/h15,21-22,30-31H,7-14,16H2,1-6H3,(H,32,33)/t21-,22?,25+,26+,27+,28+,29-/m0/s1. The maximum absolute atomic E-state index is 12.3. The maximum Gasteiger partial charge on any atom is 0.309 e. The molecule has 4 nitrogen and oxygen atoms in total. The van der Waals surface area contributed by atoms with Gasteiger partial charge in [-0.15, -0.1) is 0 Å². The average molecular weight is 455 g/mol. The van der Waals surface area contributed by atoms with E-state index in [4.69, 9.17) is 0 Å². The van der Waals surface area contributed by atoms with Gasteiger partial charge < -0.3 is 15.3 Å². The van der Waals surface area contributed by atoms with Crippen LogP contribution in [0.15, 0.2) is 6.07 Å². The van der Waals surface area contributed by atoms with Crippen LogP contribution in [0.4, 0.5) is 0 Å². The van der Waals surface area contributed by atoms with Gasteiger partial charge in [0.1, 0.15) is 0 Å². The molecule has 4 aliphatic rings. The highest BCUT2D eigenvalue weighted by Gasteiger charge is 2.68. The number of fused-ring (bicyclic) bond motifs is 7. The van der Waals surface area contributed by atoms with Crippen LogP contribution in [0.1, 0.15) is 103 Å². The Kier molecular flexibility index (Phi) is 4.68. The van der Waals surface area contributed by atoms with Gasteiger partial charge in [-0.3, -0.25) is 4.79 Å². The van der Waals surface area contributed by atoms with Crippen molar-refractivity contribution in [2.75, 3.05) is 0 Å². The van der Waals surface area contributed by atoms with Crippen LogP contribution in [0.25, 0.3) is 0 Å². The molecule has 3 N–H and O–H groups in total. The Bertz CT molecular complexity index is 1030. The van der Waals surface area contributed by atoms with E-state index in [-0.39, 0.29) is 33.2 Å². The average Bonchev–Trinajstić information content (AvgIpc) is 2.75. The fourth-order valence-electron chi connectivity index (χ4n) is 9.59. The molecule has 0 heterocycles. The molecule has 3 fully saturated rings. The molecule has 4 heteroatoms. The third-order valence-electron chi connectivity index (χ3n) is 12.2. The minimum atomic E-state index is -0.626. The lowest BCUT2D eigenvalue weighted by atomic mass is 9.32. The normalized spacial score (nSPS) is 46.5. The first-order chi connectivity index (χ1) is 15.2. The van der Waals surface area contributed by atoms with E-state index in [0.29, 0.717) is 11.8 Å². The van der Waals surface area contributed by atoms with Crippen molar-refractivity contribution < 1.29 is 20.1 Å². The van der Waals surface area contributed by atoms with Crippen molar-refractivity contribution in [2.45, 2.75) is 105 Å². The molecule has 0 saturated heterocycles. The molecular formula is C29H42O4. The van der Waals surface area contributed by atoms with Gasteiger partial charge in [0.05, 0.1) is 5.41 Å². The van der Waals surface area contributed by atoms with Crippen LogP contribution in [-0.2, 0) is 16.6 Å². The molecule has 1 aromatic rings. The third-order valence-corrected chi connectivity index (χ3v) is 12.2. The van der Waals surface area contributed by atoms with Crippen molar-refractivity contribution in [1.82, 2.24) is 0 Å². The maximum atomic E-state index is 12.3. The fraction of sp³-hybridized carbons (Fsp3) is 0.759. The molecule has 33 heavy (non-hydrogen) atoms. The predicted octanol–water partition coefficient (Wildman–Crippen LogP) is 6.72. The molecule has 4 aliphatic carbocycles. The SMILES string of the molecule is Cc1c(O)c(O)cc2c1CC[C@H]1[C@]2(C)CC[C@@]2(C)C3C[C@](C)(C(=O)O)CC[C@]3(C)CC[C@]12C. The molecule has 3 saturated carbocycles. The van der Waals surface area contributed by atoms with Gasteiger partial charge in [0.25, 0.3) is 0 Å². The summed E-state index contributed by atoms with van der Waals surface area (Å²) in [6.07, 6.45) is 9.15. The summed E-state index contributed by atoms with van der Waals surface area (Å²) in [6.45, 7) is 13.8. The minimum absolute atomic E-state index is 0.00679. The highest BCUT2D eigenvalue weighted by atomic mass is 16.4. The van der Waals surface area contributed by atoms with E-state index in [9.17, 15) is 20.1 Å². The topological polar surface area (TPSA) is 77.8 Å². The van der Waals surface area contributed by atoms with Crippen molar-refractivity contribution in [1.29, 1.82) is 0 Å². The van der Waals surface area contributed by atoms with Crippen molar-refractivity contribution in [2.24, 2.45) is 33.5 Å². The molecule has 1 aromatic carbocycles. The Labute approximate surface area is 198 Å². The van der Waals surface area contributed by atoms with E-state index >= 15 is 0 Å². The molecule has 1 unspecified atom stereocenters. The molecule has 5 rings (SSSR count). The number of carboxylic acids is 1. The number of carboxylic acid groups (broad SMARTS) is 1.